The molecule has 19 heavy (non-hydrogen) atoms. The molecule has 0 spiro atoms. The number of nitrogen functional groups attached to an aromatic ring is 1. The molecule has 1 aromatic carbocycles. The van der Waals surface area contributed by atoms with Crippen molar-refractivity contribution in [3.05, 3.63) is 40.3 Å². The first-order chi connectivity index (χ1) is 9.13. The molecule has 4 nitrogen and oxygen atoms in total. The number of hydrogen-bond donors (Lipinski definition) is 1. The fraction of sp³-hybridized carbons (Fsp3) is 0.286. The van der Waals surface area contributed by atoms with Crippen molar-refractivity contribution in [2.24, 2.45) is 0 Å². The summed E-state index contributed by atoms with van der Waals surface area (Å²) in [5.74, 6) is -0.0367. The molecule has 1 heterocycles. The Labute approximate surface area is 116 Å². The van der Waals surface area contributed by atoms with Crippen LogP contribution in [0.1, 0.15) is 28.0 Å². The second-order valence-electron chi connectivity index (χ2n) is 4.26. The molecule has 2 N–H and O–H groups in total. The standard InChI is InChI=1S/C14H17N3OS/c1-3-8-17(12-7-5-4-6-11(12)15)14(18)13-9-16-10(2)19-13/h4-7,9H,3,8,15H2,1-2H3. The number of aromatic nitrogens is 1. The maximum Gasteiger partial charge on any atom is 0.270 e. The Bertz CT molecular complexity index is 580. The van der Waals surface area contributed by atoms with Crippen LogP contribution in [-0.4, -0.2) is 17.4 Å². The molecule has 0 aliphatic rings. The third-order valence-corrected chi connectivity index (χ3v) is 3.65. The van der Waals surface area contributed by atoms with Crippen LogP contribution in [0.5, 0.6) is 0 Å². The van der Waals surface area contributed by atoms with E-state index in [1.165, 1.54) is 11.3 Å². The smallest absolute Gasteiger partial charge is 0.270 e. The quantitative estimate of drug-likeness (QED) is 0.872. The second kappa shape index (κ2) is 5.84. The molecule has 0 saturated carbocycles. The van der Waals surface area contributed by atoms with Gasteiger partial charge in [-0.05, 0) is 25.5 Å². The highest BCUT2D eigenvalue weighted by atomic mass is 32.1. The summed E-state index contributed by atoms with van der Waals surface area (Å²) in [5.41, 5.74) is 7.35. The summed E-state index contributed by atoms with van der Waals surface area (Å²) in [6, 6.07) is 7.43. The number of aryl methyl sites for hydroxylation is 1. The number of nitrogens with zero attached hydrogens (tertiary/aromatic N) is 2. The summed E-state index contributed by atoms with van der Waals surface area (Å²) in [5, 5.41) is 0.890. The van der Waals surface area contributed by atoms with Crippen LogP contribution in [0.15, 0.2) is 30.5 Å². The summed E-state index contributed by atoms with van der Waals surface area (Å²) in [7, 11) is 0. The lowest BCUT2D eigenvalue weighted by atomic mass is 10.2. The molecule has 100 valence electrons. The summed E-state index contributed by atoms with van der Waals surface area (Å²) >= 11 is 1.41. The van der Waals surface area contributed by atoms with Crippen LogP contribution in [-0.2, 0) is 0 Å². The summed E-state index contributed by atoms with van der Waals surface area (Å²) in [6.07, 6.45) is 2.50. The van der Waals surface area contributed by atoms with E-state index in [-0.39, 0.29) is 5.91 Å². The number of carbonyl (C=O) groups is 1. The Morgan fingerprint density at radius 3 is 2.74 bits per heavy atom. The Hall–Kier alpha value is -1.88. The normalized spacial score (nSPS) is 10.4. The van der Waals surface area contributed by atoms with Crippen molar-refractivity contribution in [1.29, 1.82) is 0 Å². The van der Waals surface area contributed by atoms with E-state index in [9.17, 15) is 4.79 Å². The van der Waals surface area contributed by atoms with Crippen molar-refractivity contribution >= 4 is 28.6 Å². The van der Waals surface area contributed by atoms with Gasteiger partial charge in [0.15, 0.2) is 0 Å². The topological polar surface area (TPSA) is 59.2 Å². The number of nitrogens with two attached hydrogens (primary N) is 1. The lowest BCUT2D eigenvalue weighted by Crippen LogP contribution is -2.31. The van der Waals surface area contributed by atoms with E-state index in [1.807, 2.05) is 38.1 Å². The van der Waals surface area contributed by atoms with E-state index in [0.29, 0.717) is 17.1 Å². The fourth-order valence-electron chi connectivity index (χ4n) is 1.88. The van der Waals surface area contributed by atoms with Crippen molar-refractivity contribution < 1.29 is 4.79 Å². The largest absolute Gasteiger partial charge is 0.397 e. The lowest BCUT2D eigenvalue weighted by molar-refractivity contribution is 0.0990. The zero-order chi connectivity index (χ0) is 13.8. The molecule has 2 rings (SSSR count). The highest BCUT2D eigenvalue weighted by Crippen LogP contribution is 2.26. The van der Waals surface area contributed by atoms with Crippen LogP contribution in [0.4, 0.5) is 11.4 Å². The maximum absolute atomic E-state index is 12.5. The van der Waals surface area contributed by atoms with Gasteiger partial charge in [0.05, 0.1) is 22.6 Å². The molecule has 0 unspecified atom stereocenters. The number of benzene rings is 1. The summed E-state index contributed by atoms with van der Waals surface area (Å²) in [6.45, 7) is 4.57. The number of hydrogen-bond acceptors (Lipinski definition) is 4. The SMILES string of the molecule is CCCN(C(=O)c1cnc(C)s1)c1ccccc1N. The van der Waals surface area contributed by atoms with E-state index in [4.69, 9.17) is 5.73 Å². The third kappa shape index (κ3) is 2.93. The molecule has 0 fully saturated rings. The van der Waals surface area contributed by atoms with Crippen LogP contribution >= 0.6 is 11.3 Å². The lowest BCUT2D eigenvalue weighted by Gasteiger charge is -2.22. The Kier molecular flexibility index (Phi) is 4.16. The molecule has 0 radical (unpaired) electrons. The molecular formula is C14H17N3OS. The van der Waals surface area contributed by atoms with E-state index >= 15 is 0 Å². The zero-order valence-corrected chi connectivity index (χ0v) is 11.9. The van der Waals surface area contributed by atoms with E-state index < -0.39 is 0 Å². The molecule has 5 heteroatoms. The molecule has 2 aromatic rings. The first-order valence-electron chi connectivity index (χ1n) is 6.22. The molecule has 0 aliphatic carbocycles. The predicted octanol–water partition coefficient (Wildman–Crippen LogP) is 3.09. The van der Waals surface area contributed by atoms with Crippen LogP contribution in [0.3, 0.4) is 0 Å². The van der Waals surface area contributed by atoms with Gasteiger partial charge >= 0.3 is 0 Å². The monoisotopic (exact) mass is 275 g/mol. The van der Waals surface area contributed by atoms with Gasteiger partial charge in [-0.15, -0.1) is 11.3 Å². The number of rotatable bonds is 4. The number of carbonyl (C=O) groups excluding carboxylic acids is 1. The van der Waals surface area contributed by atoms with E-state index in [1.54, 1.807) is 11.1 Å². The van der Waals surface area contributed by atoms with Crippen molar-refractivity contribution in [2.45, 2.75) is 20.3 Å². The summed E-state index contributed by atoms with van der Waals surface area (Å²) in [4.78, 5) is 19.0. The van der Waals surface area contributed by atoms with Crippen LogP contribution in [0, 0.1) is 6.92 Å². The highest BCUT2D eigenvalue weighted by Gasteiger charge is 2.20. The minimum absolute atomic E-state index is 0.0367. The van der Waals surface area contributed by atoms with Crippen LogP contribution in [0.25, 0.3) is 0 Å². The molecule has 0 bridgehead atoms. The number of thiazole rings is 1. The van der Waals surface area contributed by atoms with Crippen molar-refractivity contribution in [1.82, 2.24) is 4.98 Å². The van der Waals surface area contributed by atoms with Gasteiger partial charge in [-0.3, -0.25) is 4.79 Å². The van der Waals surface area contributed by atoms with Crippen LogP contribution in [0.2, 0.25) is 0 Å². The third-order valence-electron chi connectivity index (χ3n) is 2.75. The maximum atomic E-state index is 12.5. The van der Waals surface area contributed by atoms with Gasteiger partial charge in [-0.1, -0.05) is 19.1 Å². The number of anilines is 2. The zero-order valence-electron chi connectivity index (χ0n) is 11.1. The molecule has 0 atom stereocenters. The first-order valence-corrected chi connectivity index (χ1v) is 7.04. The minimum atomic E-state index is -0.0367. The van der Waals surface area contributed by atoms with Crippen LogP contribution < -0.4 is 10.6 Å². The Morgan fingerprint density at radius 2 is 2.16 bits per heavy atom. The first kappa shape index (κ1) is 13.5. The van der Waals surface area contributed by atoms with Gasteiger partial charge < -0.3 is 10.6 Å². The average Bonchev–Trinajstić information content (AvgIpc) is 2.83. The van der Waals surface area contributed by atoms with Gasteiger partial charge in [-0.25, -0.2) is 4.98 Å². The van der Waals surface area contributed by atoms with Gasteiger partial charge in [0.2, 0.25) is 0 Å². The van der Waals surface area contributed by atoms with Gasteiger partial charge in [-0.2, -0.15) is 0 Å². The predicted molar refractivity (Wildman–Crippen MR) is 79.7 cm³/mol. The summed E-state index contributed by atoms with van der Waals surface area (Å²) < 4.78 is 0. The molecular weight excluding hydrogens is 258 g/mol. The van der Waals surface area contributed by atoms with Gasteiger partial charge in [0, 0.05) is 6.54 Å². The van der Waals surface area contributed by atoms with Crippen molar-refractivity contribution in [3.63, 3.8) is 0 Å². The van der Waals surface area contributed by atoms with E-state index in [2.05, 4.69) is 4.98 Å². The molecule has 1 aromatic heterocycles. The van der Waals surface area contributed by atoms with Crippen molar-refractivity contribution in [3.8, 4) is 0 Å². The van der Waals surface area contributed by atoms with Gasteiger partial charge in [0.1, 0.15) is 4.88 Å². The Morgan fingerprint density at radius 1 is 1.42 bits per heavy atom. The molecule has 1 amide bonds. The number of para-hydroxylation sites is 2. The fourth-order valence-corrected chi connectivity index (χ4v) is 2.61. The van der Waals surface area contributed by atoms with Gasteiger partial charge in [0.25, 0.3) is 5.91 Å². The highest BCUT2D eigenvalue weighted by molar-refractivity contribution is 7.13. The molecule has 0 aliphatic heterocycles. The Balaban J connectivity index is 2.35. The minimum Gasteiger partial charge on any atom is -0.397 e. The number of amides is 1. The molecule has 0 saturated heterocycles. The van der Waals surface area contributed by atoms with Crippen molar-refractivity contribution in [2.75, 3.05) is 17.2 Å². The average molecular weight is 275 g/mol. The van der Waals surface area contributed by atoms with E-state index in [0.717, 1.165) is 17.1 Å². The second-order valence-corrected chi connectivity index (χ2v) is 5.49.